The first kappa shape index (κ1) is 44.9. The number of ether oxygens (including phenoxy) is 3. The van der Waals surface area contributed by atoms with E-state index in [1.54, 1.807) is 30.3 Å². The molecule has 4 aromatic rings. The number of phenolic OH excluding ortho intramolecular Hbond substituents is 1. The molecule has 0 amide bonds. The van der Waals surface area contributed by atoms with Gasteiger partial charge in [0.2, 0.25) is 12.1 Å². The van der Waals surface area contributed by atoms with Gasteiger partial charge >= 0.3 is 5.97 Å². The predicted molar refractivity (Wildman–Crippen MR) is 215 cm³/mol. The molecule has 0 spiro atoms. The van der Waals surface area contributed by atoms with Gasteiger partial charge in [0.15, 0.2) is 24.0 Å². The number of esters is 1. The normalized spacial score (nSPS) is 20.0. The number of rotatable bonds is 15. The molecular formula is C45H46O16. The van der Waals surface area contributed by atoms with Crippen LogP contribution < -0.4 is 9.47 Å². The molecule has 5 atom stereocenters. The van der Waals surface area contributed by atoms with Crippen LogP contribution in [0.25, 0.3) is 12.2 Å². The van der Waals surface area contributed by atoms with Crippen LogP contribution in [-0.4, -0.2) is 113 Å². The number of carbonyl (C=O) groups is 4. The number of aliphatic hydroxyl groups excluding tert-OH is 6. The number of carbonyl (C=O) groups excluding carboxylic acids is 4. The first-order valence-electron chi connectivity index (χ1n) is 19.4. The summed E-state index contributed by atoms with van der Waals surface area (Å²) in [5.74, 6) is -7.23. The SMILES string of the molecule is CC(=O)Oc1cc(CO)c2c(c1/C=C/c1cccc(C[C@H](O)CCCO)c1)C(=O)c1cc(O[C@H]3O[C@@H](C)[C@@H](O)C(O)(O)[C@H]3O)c(Cc3cccc(CO)c3C=O)c(O)c1C2=O. The zero-order chi connectivity index (χ0) is 44.3. The molecule has 1 heterocycles. The number of aldehydes is 1. The van der Waals surface area contributed by atoms with E-state index in [2.05, 4.69) is 0 Å². The van der Waals surface area contributed by atoms with E-state index in [0.717, 1.165) is 18.6 Å². The zero-order valence-corrected chi connectivity index (χ0v) is 33.1. The number of hydrogen-bond acceptors (Lipinski definition) is 16. The van der Waals surface area contributed by atoms with Crippen molar-refractivity contribution in [3.05, 3.63) is 121 Å². The molecule has 16 heteroatoms. The quantitative estimate of drug-likeness (QED) is 0.0239. The molecular weight excluding hydrogens is 796 g/mol. The van der Waals surface area contributed by atoms with Crippen LogP contribution in [0.4, 0.5) is 0 Å². The fourth-order valence-corrected chi connectivity index (χ4v) is 7.68. The number of hydrogen-bond donors (Lipinski definition) is 9. The van der Waals surface area contributed by atoms with E-state index >= 15 is 0 Å². The molecule has 0 bridgehead atoms. The van der Waals surface area contributed by atoms with Gasteiger partial charge in [-0.3, -0.25) is 19.2 Å². The van der Waals surface area contributed by atoms with Gasteiger partial charge in [0.1, 0.15) is 23.4 Å². The van der Waals surface area contributed by atoms with Gasteiger partial charge in [0, 0.05) is 53.3 Å². The van der Waals surface area contributed by atoms with Crippen molar-refractivity contribution < 1.29 is 79.3 Å². The minimum Gasteiger partial charge on any atom is -0.507 e. The molecule has 16 nitrogen and oxygen atoms in total. The van der Waals surface area contributed by atoms with Gasteiger partial charge in [-0.1, -0.05) is 48.5 Å². The summed E-state index contributed by atoms with van der Waals surface area (Å²) >= 11 is 0. The minimum atomic E-state index is -3.15. The van der Waals surface area contributed by atoms with E-state index < -0.39 is 96.3 Å². The molecule has 0 saturated carbocycles. The van der Waals surface area contributed by atoms with E-state index in [1.807, 2.05) is 0 Å². The van der Waals surface area contributed by atoms with Crippen LogP contribution in [0.15, 0.2) is 54.6 Å². The lowest BCUT2D eigenvalue weighted by molar-refractivity contribution is -0.371. The van der Waals surface area contributed by atoms with Gasteiger partial charge in [-0.05, 0) is 72.2 Å². The Morgan fingerprint density at radius 1 is 0.869 bits per heavy atom. The maximum atomic E-state index is 14.9. The molecule has 322 valence electrons. The standard InChI is InChI=1S/C45H46O16/c1-22-42(55)45(57,58)43(56)44(59-22)61-35-18-32-38(39(52)31(35)16-26-8-4-9-27(19-47)33(26)21-49)41(54)36-28(20-48)17-34(60-23(2)50)30(37(36)40(32)53)12-11-24-6-3-7-25(14-24)15-29(51)10-5-13-46/h3-4,6-9,11-12,14,17-18,21-22,29,42-44,46-48,51-52,55-58H,5,10,13,15-16,19-20H2,1-2H3/b12-11+/t22-,29+,42+,43-,44+/m0/s1. The third-order valence-corrected chi connectivity index (χ3v) is 10.8. The Hall–Kier alpha value is -5.66. The molecule has 9 N–H and O–H groups in total. The van der Waals surface area contributed by atoms with Crippen molar-refractivity contribution in [3.8, 4) is 17.2 Å². The summed E-state index contributed by atoms with van der Waals surface area (Å²) in [7, 11) is 0. The van der Waals surface area contributed by atoms with Crippen LogP contribution in [0, 0.1) is 0 Å². The molecule has 0 radical (unpaired) electrons. The average molecular weight is 843 g/mol. The van der Waals surface area contributed by atoms with Gasteiger partial charge in [-0.25, -0.2) is 0 Å². The monoisotopic (exact) mass is 842 g/mol. The maximum Gasteiger partial charge on any atom is 0.308 e. The molecule has 2 aliphatic rings. The van der Waals surface area contributed by atoms with Crippen LogP contribution in [0.1, 0.15) is 108 Å². The minimum absolute atomic E-state index is 0.0386. The summed E-state index contributed by atoms with van der Waals surface area (Å²) in [4.78, 5) is 54.2. The van der Waals surface area contributed by atoms with Crippen LogP contribution in [0.5, 0.6) is 17.2 Å². The number of phenols is 1. The predicted octanol–water partition coefficient (Wildman–Crippen LogP) is 1.85. The van der Waals surface area contributed by atoms with Crippen molar-refractivity contribution in [1.29, 1.82) is 0 Å². The lowest BCUT2D eigenvalue weighted by Crippen LogP contribution is -2.67. The summed E-state index contributed by atoms with van der Waals surface area (Å²) in [5.41, 5.74) is -0.210. The molecule has 1 saturated heterocycles. The molecule has 0 unspecified atom stereocenters. The van der Waals surface area contributed by atoms with Gasteiger partial charge in [-0.15, -0.1) is 0 Å². The Kier molecular flexibility index (Phi) is 13.6. The molecule has 4 aromatic carbocycles. The Balaban J connectivity index is 1.54. The summed E-state index contributed by atoms with van der Waals surface area (Å²) in [6.45, 7) is 0.973. The topological polar surface area (TPSA) is 278 Å². The van der Waals surface area contributed by atoms with E-state index in [-0.39, 0.29) is 63.3 Å². The highest BCUT2D eigenvalue weighted by Crippen LogP contribution is 2.45. The highest BCUT2D eigenvalue weighted by Gasteiger charge is 2.54. The van der Waals surface area contributed by atoms with Crippen LogP contribution in [0.3, 0.4) is 0 Å². The van der Waals surface area contributed by atoms with Gasteiger partial charge in [-0.2, -0.15) is 0 Å². The Morgan fingerprint density at radius 2 is 1.57 bits per heavy atom. The van der Waals surface area contributed by atoms with E-state index in [4.69, 9.17) is 19.3 Å². The molecule has 6 rings (SSSR count). The van der Waals surface area contributed by atoms with Crippen molar-refractivity contribution >= 4 is 36.0 Å². The fraction of sp³-hybridized carbons (Fsp3) is 0.333. The number of benzene rings is 4. The number of aromatic hydroxyl groups is 1. The van der Waals surface area contributed by atoms with Gasteiger partial charge in [0.05, 0.1) is 31.0 Å². The summed E-state index contributed by atoms with van der Waals surface area (Å²) in [6.07, 6.45) is -4.16. The lowest BCUT2D eigenvalue weighted by Gasteiger charge is -2.44. The second kappa shape index (κ2) is 18.5. The molecule has 1 aliphatic heterocycles. The van der Waals surface area contributed by atoms with Crippen molar-refractivity contribution in [3.63, 3.8) is 0 Å². The number of ketones is 2. The van der Waals surface area contributed by atoms with Crippen molar-refractivity contribution in [1.82, 2.24) is 0 Å². The largest absolute Gasteiger partial charge is 0.507 e. The van der Waals surface area contributed by atoms with Crippen molar-refractivity contribution in [2.45, 2.75) is 89.2 Å². The van der Waals surface area contributed by atoms with E-state index in [0.29, 0.717) is 24.7 Å². The molecule has 61 heavy (non-hydrogen) atoms. The molecule has 0 aromatic heterocycles. The number of aliphatic hydroxyl groups is 8. The first-order chi connectivity index (χ1) is 29.0. The first-order valence-corrected chi connectivity index (χ1v) is 19.4. The Bertz CT molecular complexity index is 2380. The summed E-state index contributed by atoms with van der Waals surface area (Å²) in [6, 6.07) is 13.8. The molecule has 1 aliphatic carbocycles. The molecule has 1 fully saturated rings. The third-order valence-electron chi connectivity index (χ3n) is 10.8. The van der Waals surface area contributed by atoms with Crippen molar-refractivity contribution in [2.24, 2.45) is 0 Å². The highest BCUT2D eigenvalue weighted by molar-refractivity contribution is 6.31. The Morgan fingerprint density at radius 3 is 2.25 bits per heavy atom. The lowest BCUT2D eigenvalue weighted by atomic mass is 9.77. The van der Waals surface area contributed by atoms with Crippen LogP contribution in [0.2, 0.25) is 0 Å². The van der Waals surface area contributed by atoms with Crippen molar-refractivity contribution in [2.75, 3.05) is 6.61 Å². The highest BCUT2D eigenvalue weighted by atomic mass is 16.7. The zero-order valence-electron chi connectivity index (χ0n) is 33.1. The van der Waals surface area contributed by atoms with Crippen LogP contribution >= 0.6 is 0 Å². The van der Waals surface area contributed by atoms with Gasteiger partial charge < -0.3 is 60.2 Å². The van der Waals surface area contributed by atoms with E-state index in [1.165, 1.54) is 37.3 Å². The Labute approximate surface area is 349 Å². The second-order valence-electron chi connectivity index (χ2n) is 15.0. The summed E-state index contributed by atoms with van der Waals surface area (Å²) in [5, 5.41) is 94.5. The van der Waals surface area contributed by atoms with Crippen LogP contribution in [-0.2, 0) is 35.6 Å². The number of fused-ring (bicyclic) bond motifs is 2. The summed E-state index contributed by atoms with van der Waals surface area (Å²) < 4.78 is 17.0. The average Bonchev–Trinajstić information content (AvgIpc) is 3.23. The third kappa shape index (κ3) is 8.90. The smallest absolute Gasteiger partial charge is 0.308 e. The second-order valence-corrected chi connectivity index (χ2v) is 15.0. The van der Waals surface area contributed by atoms with E-state index in [9.17, 15) is 60.0 Å². The maximum absolute atomic E-state index is 14.9. The fourth-order valence-electron chi connectivity index (χ4n) is 7.68. The van der Waals surface area contributed by atoms with Gasteiger partial charge in [0.25, 0.3) is 0 Å².